The Morgan fingerprint density at radius 3 is 2.32 bits per heavy atom. The molecule has 3 rings (SSSR count). The molecule has 1 aliphatic heterocycles. The average molecular weight is 403 g/mol. The minimum Gasteiger partial charge on any atom is -0.310 e. The second kappa shape index (κ2) is 6.82. The predicted octanol–water partition coefficient (Wildman–Crippen LogP) is 4.06. The van der Waals surface area contributed by atoms with Gasteiger partial charge in [0.15, 0.2) is 0 Å². The highest BCUT2D eigenvalue weighted by atomic mass is 35.5. The minimum atomic E-state index is -3.98. The van der Waals surface area contributed by atoms with E-state index >= 15 is 0 Å². The lowest BCUT2D eigenvalue weighted by molar-refractivity contribution is -0.117. The first-order valence-corrected chi connectivity index (χ1v) is 9.59. The van der Waals surface area contributed by atoms with E-state index in [0.717, 1.165) is 6.07 Å². The van der Waals surface area contributed by atoms with Crippen molar-refractivity contribution in [2.75, 3.05) is 16.2 Å². The Morgan fingerprint density at radius 1 is 1.08 bits per heavy atom. The van der Waals surface area contributed by atoms with Gasteiger partial charge in [-0.15, -0.1) is 0 Å². The van der Waals surface area contributed by atoms with Crippen LogP contribution in [0.2, 0.25) is 10.0 Å². The number of nitrogens with zero attached hydrogens (tertiary/aromatic N) is 1. The number of hydrogen-bond donors (Lipinski definition) is 1. The van der Waals surface area contributed by atoms with Crippen LogP contribution in [0.3, 0.4) is 0 Å². The van der Waals surface area contributed by atoms with Crippen LogP contribution >= 0.6 is 23.2 Å². The van der Waals surface area contributed by atoms with Gasteiger partial charge in [0.2, 0.25) is 5.91 Å². The van der Waals surface area contributed by atoms with Crippen molar-refractivity contribution in [3.63, 3.8) is 0 Å². The van der Waals surface area contributed by atoms with Crippen molar-refractivity contribution in [3.05, 3.63) is 52.3 Å². The number of rotatable bonds is 4. The van der Waals surface area contributed by atoms with Crippen LogP contribution in [-0.2, 0) is 14.8 Å². The molecule has 0 aliphatic carbocycles. The Hall–Kier alpha value is -1.83. The number of anilines is 2. The molecule has 0 bridgehead atoms. The Morgan fingerprint density at radius 2 is 1.76 bits per heavy atom. The third-order valence-electron chi connectivity index (χ3n) is 3.71. The molecule has 2 aromatic carbocycles. The zero-order valence-corrected chi connectivity index (χ0v) is 15.1. The first-order valence-electron chi connectivity index (χ1n) is 7.35. The van der Waals surface area contributed by atoms with Gasteiger partial charge in [-0.25, -0.2) is 12.8 Å². The van der Waals surface area contributed by atoms with E-state index in [-0.39, 0.29) is 32.2 Å². The summed E-state index contributed by atoms with van der Waals surface area (Å²) in [6.45, 7) is 0.446. The molecule has 1 N–H and O–H groups in total. The fraction of sp³-hybridized carbons (Fsp3) is 0.188. The van der Waals surface area contributed by atoms with E-state index in [1.54, 1.807) is 0 Å². The highest BCUT2D eigenvalue weighted by Gasteiger charge is 2.24. The number of hydrogen-bond acceptors (Lipinski definition) is 3. The number of benzene rings is 2. The smallest absolute Gasteiger partial charge is 0.261 e. The molecule has 0 unspecified atom stereocenters. The molecule has 9 heteroatoms. The lowest BCUT2D eigenvalue weighted by Gasteiger charge is -2.17. The van der Waals surface area contributed by atoms with Gasteiger partial charge in [0, 0.05) is 29.1 Å². The monoisotopic (exact) mass is 402 g/mol. The highest BCUT2D eigenvalue weighted by molar-refractivity contribution is 7.92. The molecule has 25 heavy (non-hydrogen) atoms. The molecular formula is C16H13Cl2FN2O3S. The lowest BCUT2D eigenvalue weighted by Crippen LogP contribution is -2.24. The van der Waals surface area contributed by atoms with Crippen LogP contribution in [0.15, 0.2) is 41.3 Å². The summed E-state index contributed by atoms with van der Waals surface area (Å²) in [7, 11) is -3.98. The van der Waals surface area contributed by atoms with Gasteiger partial charge in [-0.2, -0.15) is 0 Å². The molecule has 5 nitrogen and oxygen atoms in total. The molecule has 0 aromatic heterocycles. The van der Waals surface area contributed by atoms with Gasteiger partial charge in [-0.1, -0.05) is 23.2 Å². The first kappa shape index (κ1) is 18.0. The quantitative estimate of drug-likeness (QED) is 0.838. The van der Waals surface area contributed by atoms with E-state index in [4.69, 9.17) is 23.2 Å². The second-order valence-corrected chi connectivity index (χ2v) is 8.08. The van der Waals surface area contributed by atoms with Crippen molar-refractivity contribution >= 4 is 50.5 Å². The summed E-state index contributed by atoms with van der Waals surface area (Å²) < 4.78 is 41.4. The number of nitrogens with one attached hydrogen (secondary N) is 1. The third-order valence-corrected chi connectivity index (χ3v) is 5.51. The van der Waals surface area contributed by atoms with Crippen molar-refractivity contribution < 1.29 is 17.6 Å². The number of halogens is 3. The fourth-order valence-corrected chi connectivity index (χ4v) is 4.36. The van der Waals surface area contributed by atoms with E-state index in [9.17, 15) is 17.6 Å². The molecule has 1 heterocycles. The van der Waals surface area contributed by atoms with Gasteiger partial charge >= 0.3 is 0 Å². The molecule has 0 spiro atoms. The zero-order chi connectivity index (χ0) is 18.2. The molecular weight excluding hydrogens is 390 g/mol. The SMILES string of the molecule is O=C1CCCN1c1ccc(NS(=O)(=O)c2cc(Cl)cc(Cl)c2)cc1F. The summed E-state index contributed by atoms with van der Waals surface area (Å²) in [5.41, 5.74) is 0.167. The molecule has 0 atom stereocenters. The summed E-state index contributed by atoms with van der Waals surface area (Å²) >= 11 is 11.6. The first-order chi connectivity index (χ1) is 11.8. The van der Waals surface area contributed by atoms with E-state index in [1.165, 1.54) is 35.2 Å². The summed E-state index contributed by atoms with van der Waals surface area (Å²) in [4.78, 5) is 12.9. The normalized spacial score (nSPS) is 14.8. The van der Waals surface area contributed by atoms with Crippen molar-refractivity contribution in [3.8, 4) is 0 Å². The molecule has 132 valence electrons. The summed E-state index contributed by atoms with van der Waals surface area (Å²) in [6, 6.07) is 7.69. The molecule has 1 aliphatic rings. The van der Waals surface area contributed by atoms with Crippen molar-refractivity contribution in [1.82, 2.24) is 0 Å². The van der Waals surface area contributed by atoms with Crippen LogP contribution in [0.4, 0.5) is 15.8 Å². The van der Waals surface area contributed by atoms with Crippen LogP contribution in [0.25, 0.3) is 0 Å². The number of sulfonamides is 1. The van der Waals surface area contributed by atoms with Crippen LogP contribution < -0.4 is 9.62 Å². The van der Waals surface area contributed by atoms with Crippen LogP contribution in [0.1, 0.15) is 12.8 Å². The third kappa shape index (κ3) is 3.89. The topological polar surface area (TPSA) is 66.5 Å². The lowest BCUT2D eigenvalue weighted by atomic mass is 10.2. The van der Waals surface area contributed by atoms with Crippen molar-refractivity contribution in [2.45, 2.75) is 17.7 Å². The Labute approximate surface area is 154 Å². The maximum atomic E-state index is 14.3. The van der Waals surface area contributed by atoms with E-state index in [1.807, 2.05) is 0 Å². The summed E-state index contributed by atoms with van der Waals surface area (Å²) in [5, 5.41) is 0.337. The van der Waals surface area contributed by atoms with Gasteiger partial charge in [0.05, 0.1) is 16.3 Å². The Balaban J connectivity index is 1.87. The molecule has 1 saturated heterocycles. The van der Waals surface area contributed by atoms with Crippen LogP contribution in [0.5, 0.6) is 0 Å². The van der Waals surface area contributed by atoms with Gasteiger partial charge in [0.1, 0.15) is 5.82 Å². The Bertz CT molecular complexity index is 930. The molecule has 1 fully saturated rings. The summed E-state index contributed by atoms with van der Waals surface area (Å²) in [6.07, 6.45) is 1.05. The van der Waals surface area contributed by atoms with Crippen molar-refractivity contribution in [1.29, 1.82) is 0 Å². The fourth-order valence-electron chi connectivity index (χ4n) is 2.59. The number of carbonyl (C=O) groups is 1. The largest absolute Gasteiger partial charge is 0.310 e. The highest BCUT2D eigenvalue weighted by Crippen LogP contribution is 2.29. The maximum absolute atomic E-state index is 14.3. The van der Waals surface area contributed by atoms with E-state index < -0.39 is 15.8 Å². The van der Waals surface area contributed by atoms with Gasteiger partial charge < -0.3 is 4.90 Å². The minimum absolute atomic E-state index is 0.0315. The van der Waals surface area contributed by atoms with Crippen LogP contribution in [-0.4, -0.2) is 20.9 Å². The maximum Gasteiger partial charge on any atom is 0.261 e. The number of amides is 1. The van der Waals surface area contributed by atoms with Gasteiger partial charge in [0.25, 0.3) is 10.0 Å². The van der Waals surface area contributed by atoms with E-state index in [2.05, 4.69) is 4.72 Å². The Kier molecular flexibility index (Phi) is 4.90. The van der Waals surface area contributed by atoms with Crippen LogP contribution in [0, 0.1) is 5.82 Å². The molecule has 1 amide bonds. The van der Waals surface area contributed by atoms with Gasteiger partial charge in [-0.05, 0) is 36.8 Å². The predicted molar refractivity (Wildman–Crippen MR) is 95.3 cm³/mol. The van der Waals surface area contributed by atoms with Gasteiger partial charge in [-0.3, -0.25) is 9.52 Å². The number of carbonyl (C=O) groups excluding carboxylic acids is 1. The van der Waals surface area contributed by atoms with E-state index in [0.29, 0.717) is 19.4 Å². The molecule has 0 saturated carbocycles. The molecule has 0 radical (unpaired) electrons. The van der Waals surface area contributed by atoms with Crippen molar-refractivity contribution in [2.24, 2.45) is 0 Å². The average Bonchev–Trinajstić information content (AvgIpc) is 2.92. The summed E-state index contributed by atoms with van der Waals surface area (Å²) in [5.74, 6) is -0.833. The zero-order valence-electron chi connectivity index (χ0n) is 12.8. The second-order valence-electron chi connectivity index (χ2n) is 5.53. The molecule has 2 aromatic rings. The standard InChI is InChI=1S/C16H13Cl2FN2O3S/c17-10-6-11(18)8-13(7-10)25(23,24)20-12-3-4-15(14(19)9-12)21-5-1-2-16(21)22/h3-4,6-9,20H,1-2,5H2.